The van der Waals surface area contributed by atoms with E-state index in [2.05, 4.69) is 20.0 Å². The number of fused-ring (bicyclic) bond motifs is 1. The molecule has 0 saturated heterocycles. The van der Waals surface area contributed by atoms with Crippen LogP contribution in [0.1, 0.15) is 6.42 Å². The van der Waals surface area contributed by atoms with Gasteiger partial charge in [-0.1, -0.05) is 0 Å². The molecule has 11 heavy (non-hydrogen) atoms. The summed E-state index contributed by atoms with van der Waals surface area (Å²) in [4.78, 5) is 16.0. The van der Waals surface area contributed by atoms with Crippen molar-refractivity contribution in [1.82, 2.24) is 9.97 Å². The van der Waals surface area contributed by atoms with Crippen LogP contribution in [0.5, 0.6) is 0 Å². The minimum atomic E-state index is 0.647. The highest BCUT2D eigenvalue weighted by Gasteiger charge is 2.00. The Morgan fingerprint density at radius 1 is 1.18 bits per heavy atom. The summed E-state index contributed by atoms with van der Waals surface area (Å²) in [5.74, 6) is 0.647. The minimum absolute atomic E-state index is 0.647. The molecule has 0 fully saturated rings. The molecule has 2 rings (SSSR count). The van der Waals surface area contributed by atoms with E-state index in [-0.39, 0.29) is 0 Å². The van der Waals surface area contributed by atoms with Crippen LogP contribution in [-0.2, 0) is 0 Å². The molecular weight excluding hydrogens is 140 g/mol. The first-order valence-electron chi connectivity index (χ1n) is 3.32. The molecule has 0 saturated carbocycles. The molecule has 0 bridgehead atoms. The van der Waals surface area contributed by atoms with E-state index in [1.54, 1.807) is 18.6 Å². The highest BCUT2D eigenvalue weighted by molar-refractivity contribution is 5.86. The van der Waals surface area contributed by atoms with Gasteiger partial charge in [0, 0.05) is 18.9 Å². The molecule has 2 heterocycles. The van der Waals surface area contributed by atoms with Gasteiger partial charge in [-0.15, -0.1) is 0 Å². The van der Waals surface area contributed by atoms with Gasteiger partial charge in [0.2, 0.25) is 0 Å². The Hall–Kier alpha value is -1.58. The zero-order valence-electron chi connectivity index (χ0n) is 5.81. The van der Waals surface area contributed by atoms with Crippen molar-refractivity contribution in [2.75, 3.05) is 0 Å². The van der Waals surface area contributed by atoms with Crippen molar-refractivity contribution in [2.24, 2.45) is 9.98 Å². The quantitative estimate of drug-likeness (QED) is 0.553. The van der Waals surface area contributed by atoms with Crippen LogP contribution in [0.25, 0.3) is 0 Å². The molecule has 4 nitrogen and oxygen atoms in total. The number of hydrogen-bond donors (Lipinski definition) is 0. The third kappa shape index (κ3) is 1.14. The zero-order chi connectivity index (χ0) is 7.52. The van der Waals surface area contributed by atoms with Crippen molar-refractivity contribution in [2.45, 2.75) is 6.42 Å². The van der Waals surface area contributed by atoms with Gasteiger partial charge in [-0.2, -0.15) is 0 Å². The lowest BCUT2D eigenvalue weighted by Crippen LogP contribution is -1.76. The smallest absolute Gasteiger partial charge is 0.180 e. The molecule has 0 unspecified atom stereocenters. The van der Waals surface area contributed by atoms with Gasteiger partial charge in [0.05, 0.1) is 6.20 Å². The zero-order valence-corrected chi connectivity index (χ0v) is 5.81. The standard InChI is InChI=1S/C7H6N4/c1-2-9-6-4-8-5-11-7(6)10-3-1/h2-5H,1H2. The third-order valence-electron chi connectivity index (χ3n) is 1.33. The van der Waals surface area contributed by atoms with Gasteiger partial charge in [0.15, 0.2) is 5.82 Å². The van der Waals surface area contributed by atoms with Gasteiger partial charge in [-0.25, -0.2) is 15.0 Å². The van der Waals surface area contributed by atoms with E-state index in [1.165, 1.54) is 6.33 Å². The highest BCUT2D eigenvalue weighted by atomic mass is 15.0. The van der Waals surface area contributed by atoms with Crippen molar-refractivity contribution in [3.63, 3.8) is 0 Å². The summed E-state index contributed by atoms with van der Waals surface area (Å²) in [7, 11) is 0. The molecule has 0 spiro atoms. The third-order valence-corrected chi connectivity index (χ3v) is 1.33. The van der Waals surface area contributed by atoms with Crippen LogP contribution in [0.3, 0.4) is 0 Å². The van der Waals surface area contributed by atoms with Gasteiger partial charge < -0.3 is 0 Å². The van der Waals surface area contributed by atoms with Crippen molar-refractivity contribution in [3.8, 4) is 0 Å². The molecule has 54 valence electrons. The molecule has 0 atom stereocenters. The Kier molecular flexibility index (Phi) is 1.44. The molecule has 1 aliphatic heterocycles. The van der Waals surface area contributed by atoms with Crippen LogP contribution < -0.4 is 0 Å². The average Bonchev–Trinajstić information content (AvgIpc) is 2.28. The van der Waals surface area contributed by atoms with E-state index in [4.69, 9.17) is 0 Å². The summed E-state index contributed by atoms with van der Waals surface area (Å²) < 4.78 is 0. The van der Waals surface area contributed by atoms with Gasteiger partial charge in [0.1, 0.15) is 12.0 Å². The fourth-order valence-corrected chi connectivity index (χ4v) is 0.844. The number of nitrogens with zero attached hydrogens (tertiary/aromatic N) is 4. The van der Waals surface area contributed by atoms with Crippen molar-refractivity contribution >= 4 is 23.9 Å². The molecule has 0 aliphatic carbocycles. The van der Waals surface area contributed by atoms with E-state index in [1.807, 2.05) is 0 Å². The second-order valence-corrected chi connectivity index (χ2v) is 2.09. The van der Waals surface area contributed by atoms with Gasteiger partial charge >= 0.3 is 0 Å². The van der Waals surface area contributed by atoms with E-state index in [9.17, 15) is 0 Å². The van der Waals surface area contributed by atoms with Gasteiger partial charge in [-0.05, 0) is 0 Å². The maximum Gasteiger partial charge on any atom is 0.180 e. The van der Waals surface area contributed by atoms with E-state index < -0.39 is 0 Å². The average molecular weight is 146 g/mol. The van der Waals surface area contributed by atoms with Crippen LogP contribution in [0.4, 0.5) is 11.5 Å². The molecule has 0 radical (unpaired) electrons. The van der Waals surface area contributed by atoms with Crippen LogP contribution >= 0.6 is 0 Å². The SMILES string of the molecule is C1=Nc2cncnc2N=CC1. The fraction of sp³-hybridized carbons (Fsp3) is 0.143. The minimum Gasteiger partial charge on any atom is -0.255 e. The summed E-state index contributed by atoms with van der Waals surface area (Å²) in [5, 5.41) is 0. The summed E-state index contributed by atoms with van der Waals surface area (Å²) in [6, 6.07) is 0. The largest absolute Gasteiger partial charge is 0.255 e. The summed E-state index contributed by atoms with van der Waals surface area (Å²) in [6.45, 7) is 0. The Morgan fingerprint density at radius 3 is 3.09 bits per heavy atom. The summed E-state index contributed by atoms with van der Waals surface area (Å²) in [5.41, 5.74) is 0.737. The topological polar surface area (TPSA) is 50.5 Å². The maximum atomic E-state index is 4.11. The first-order valence-corrected chi connectivity index (χ1v) is 3.32. The number of hydrogen-bond acceptors (Lipinski definition) is 4. The normalized spacial score (nSPS) is 14.2. The molecule has 0 aromatic carbocycles. The molecule has 0 amide bonds. The van der Waals surface area contributed by atoms with Gasteiger partial charge in [-0.3, -0.25) is 4.99 Å². The maximum absolute atomic E-state index is 4.11. The lowest BCUT2D eigenvalue weighted by Gasteiger charge is -1.92. The Morgan fingerprint density at radius 2 is 2.09 bits per heavy atom. The van der Waals surface area contributed by atoms with E-state index >= 15 is 0 Å². The van der Waals surface area contributed by atoms with Crippen LogP contribution in [-0.4, -0.2) is 22.4 Å². The predicted molar refractivity (Wildman–Crippen MR) is 43.0 cm³/mol. The number of aromatic nitrogens is 2. The van der Waals surface area contributed by atoms with Crippen molar-refractivity contribution in [1.29, 1.82) is 0 Å². The van der Waals surface area contributed by atoms with Crippen LogP contribution in [0, 0.1) is 0 Å². The summed E-state index contributed by atoms with van der Waals surface area (Å²) in [6.07, 6.45) is 7.45. The van der Waals surface area contributed by atoms with Gasteiger partial charge in [0.25, 0.3) is 0 Å². The lowest BCUT2D eigenvalue weighted by atomic mass is 10.5. The second kappa shape index (κ2) is 2.57. The first kappa shape index (κ1) is 6.15. The van der Waals surface area contributed by atoms with Crippen LogP contribution in [0.15, 0.2) is 22.5 Å². The molecular formula is C7H6N4. The molecule has 0 N–H and O–H groups in total. The van der Waals surface area contributed by atoms with E-state index in [0.717, 1.165) is 12.1 Å². The number of aliphatic imine (C=N–C) groups is 2. The highest BCUT2D eigenvalue weighted by Crippen LogP contribution is 2.23. The predicted octanol–water partition coefficient (Wildman–Crippen LogP) is 1.28. The monoisotopic (exact) mass is 146 g/mol. The fourth-order valence-electron chi connectivity index (χ4n) is 0.844. The Labute approximate surface area is 63.8 Å². The molecule has 1 aromatic rings. The van der Waals surface area contributed by atoms with Crippen LogP contribution in [0.2, 0.25) is 0 Å². The second-order valence-electron chi connectivity index (χ2n) is 2.09. The molecule has 1 aromatic heterocycles. The Bertz CT molecular complexity index is 285. The molecule has 1 aliphatic rings. The first-order chi connectivity index (χ1) is 5.47. The van der Waals surface area contributed by atoms with Crippen molar-refractivity contribution in [3.05, 3.63) is 12.5 Å². The lowest BCUT2D eigenvalue weighted by molar-refractivity contribution is 1.15. The van der Waals surface area contributed by atoms with Crippen molar-refractivity contribution < 1.29 is 0 Å². The Balaban J connectivity index is 2.58. The number of rotatable bonds is 0. The van der Waals surface area contributed by atoms with E-state index in [0.29, 0.717) is 5.82 Å². The molecule has 4 heteroatoms. The summed E-state index contributed by atoms with van der Waals surface area (Å²) >= 11 is 0.